The van der Waals surface area contributed by atoms with E-state index in [1.165, 1.54) is 7.11 Å². The Bertz CT molecular complexity index is 684. The normalized spacial score (nSPS) is 16.6. The van der Waals surface area contributed by atoms with Crippen molar-refractivity contribution in [2.75, 3.05) is 45.8 Å². The first kappa shape index (κ1) is 23.1. The van der Waals surface area contributed by atoms with Crippen molar-refractivity contribution in [3.63, 3.8) is 0 Å². The van der Waals surface area contributed by atoms with Crippen LogP contribution >= 0.6 is 11.6 Å². The monoisotopic (exact) mass is 424 g/mol. The van der Waals surface area contributed by atoms with Crippen LogP contribution in [0.4, 0.5) is 5.69 Å². The lowest BCUT2D eigenvalue weighted by Gasteiger charge is -2.22. The summed E-state index contributed by atoms with van der Waals surface area (Å²) in [7, 11) is 4.90. The fourth-order valence-electron chi connectivity index (χ4n) is 3.45. The second-order valence-electron chi connectivity index (χ2n) is 7.13. The summed E-state index contributed by atoms with van der Waals surface area (Å²) >= 11 is 6.17. The van der Waals surface area contributed by atoms with Gasteiger partial charge in [-0.2, -0.15) is 0 Å². The molecule has 8 heteroatoms. The molecule has 1 aliphatic heterocycles. The molecule has 0 aromatic heterocycles. The third-order valence-corrected chi connectivity index (χ3v) is 5.30. The zero-order chi connectivity index (χ0) is 21.1. The molecule has 1 atom stereocenters. The second kappa shape index (κ2) is 12.4. The van der Waals surface area contributed by atoms with E-state index in [9.17, 15) is 4.79 Å². The van der Waals surface area contributed by atoms with Gasteiger partial charge in [0.15, 0.2) is 5.96 Å². The van der Waals surface area contributed by atoms with Crippen LogP contribution in [0.5, 0.6) is 5.75 Å². The number of carbonyl (C=O) groups excluding carboxylic acids is 1. The molecule has 1 aromatic carbocycles. The Morgan fingerprint density at radius 2 is 2.07 bits per heavy atom. The van der Waals surface area contributed by atoms with Crippen molar-refractivity contribution in [3.8, 4) is 5.75 Å². The van der Waals surface area contributed by atoms with E-state index in [4.69, 9.17) is 16.3 Å². The minimum atomic E-state index is -0.131. The highest BCUT2D eigenvalue weighted by Crippen LogP contribution is 2.33. The van der Waals surface area contributed by atoms with E-state index in [1.807, 2.05) is 18.2 Å². The molecule has 0 saturated carbocycles. The van der Waals surface area contributed by atoms with E-state index in [1.54, 1.807) is 14.2 Å². The summed E-state index contributed by atoms with van der Waals surface area (Å²) in [6.45, 7) is 2.66. The van der Waals surface area contributed by atoms with Crippen molar-refractivity contribution in [2.24, 2.45) is 4.99 Å². The van der Waals surface area contributed by atoms with Crippen molar-refractivity contribution in [1.29, 1.82) is 0 Å². The lowest BCUT2D eigenvalue weighted by atomic mass is 10.1. The fraction of sp³-hybridized carbons (Fsp3) is 0.619. The number of rotatable bonds is 10. The summed E-state index contributed by atoms with van der Waals surface area (Å²) in [6.07, 6.45) is 5.55. The number of guanidine groups is 1. The molecule has 2 N–H and O–H groups in total. The van der Waals surface area contributed by atoms with Gasteiger partial charge in [0.05, 0.1) is 19.9 Å². The first-order chi connectivity index (χ1) is 14.1. The Hall–Kier alpha value is -2.15. The van der Waals surface area contributed by atoms with Gasteiger partial charge in [-0.15, -0.1) is 0 Å². The van der Waals surface area contributed by atoms with Gasteiger partial charge in [0.1, 0.15) is 5.75 Å². The number of nitrogens with one attached hydrogen (secondary N) is 2. The summed E-state index contributed by atoms with van der Waals surface area (Å²) in [5, 5.41) is 7.59. The van der Waals surface area contributed by atoms with Crippen molar-refractivity contribution < 1.29 is 14.3 Å². The van der Waals surface area contributed by atoms with Crippen LogP contribution < -0.4 is 20.3 Å². The largest absolute Gasteiger partial charge is 0.495 e. The molecular weight excluding hydrogens is 392 g/mol. The summed E-state index contributed by atoms with van der Waals surface area (Å²) in [4.78, 5) is 17.7. The van der Waals surface area contributed by atoms with E-state index in [0.717, 1.165) is 69.1 Å². The Morgan fingerprint density at radius 3 is 2.79 bits per heavy atom. The van der Waals surface area contributed by atoms with Gasteiger partial charge in [0, 0.05) is 44.2 Å². The van der Waals surface area contributed by atoms with Crippen LogP contribution in [0.3, 0.4) is 0 Å². The lowest BCUT2D eigenvalue weighted by Crippen LogP contribution is -2.44. The van der Waals surface area contributed by atoms with Crippen molar-refractivity contribution >= 4 is 29.2 Å². The molecular formula is C21H33ClN4O3. The maximum Gasteiger partial charge on any atom is 0.305 e. The number of unbranched alkanes of at least 4 members (excludes halogenated alkanes) is 3. The van der Waals surface area contributed by atoms with Crippen LogP contribution in [0.1, 0.15) is 38.5 Å². The Labute approximate surface area is 178 Å². The second-order valence-corrected chi connectivity index (χ2v) is 7.57. The quantitative estimate of drug-likeness (QED) is 0.260. The molecule has 1 saturated heterocycles. The Balaban J connectivity index is 1.70. The van der Waals surface area contributed by atoms with Gasteiger partial charge in [-0.25, -0.2) is 0 Å². The molecule has 0 amide bonds. The summed E-state index contributed by atoms with van der Waals surface area (Å²) in [5.41, 5.74) is 1.03. The van der Waals surface area contributed by atoms with Crippen molar-refractivity contribution in [3.05, 3.63) is 23.2 Å². The number of carbonyl (C=O) groups is 1. The average molecular weight is 425 g/mol. The molecule has 2 rings (SSSR count). The van der Waals surface area contributed by atoms with Gasteiger partial charge >= 0.3 is 5.97 Å². The van der Waals surface area contributed by atoms with Gasteiger partial charge in [-0.05, 0) is 37.5 Å². The van der Waals surface area contributed by atoms with Crippen molar-refractivity contribution in [2.45, 2.75) is 44.6 Å². The fourth-order valence-corrected chi connectivity index (χ4v) is 3.62. The molecule has 0 radical (unpaired) electrons. The third-order valence-electron chi connectivity index (χ3n) is 5.06. The van der Waals surface area contributed by atoms with Crippen LogP contribution in [0, 0.1) is 0 Å². The first-order valence-electron chi connectivity index (χ1n) is 10.2. The molecule has 1 unspecified atom stereocenters. The highest BCUT2D eigenvalue weighted by Gasteiger charge is 2.25. The first-order valence-corrected chi connectivity index (χ1v) is 10.6. The van der Waals surface area contributed by atoms with Crippen LogP contribution in [0.15, 0.2) is 23.2 Å². The highest BCUT2D eigenvalue weighted by atomic mass is 35.5. The number of nitrogens with zero attached hydrogens (tertiary/aromatic N) is 2. The maximum absolute atomic E-state index is 11.1. The molecule has 0 aliphatic carbocycles. The molecule has 1 aliphatic rings. The SMILES string of the molecule is CN=C(NCCCCCCC(=O)OC)NC1CCN(c2cc(Cl)ccc2OC)C1. The molecule has 0 spiro atoms. The van der Waals surface area contributed by atoms with Gasteiger partial charge < -0.3 is 25.0 Å². The Morgan fingerprint density at radius 1 is 1.28 bits per heavy atom. The number of ether oxygens (including phenoxy) is 2. The number of esters is 1. The summed E-state index contributed by atoms with van der Waals surface area (Å²) < 4.78 is 10.1. The highest BCUT2D eigenvalue weighted by molar-refractivity contribution is 6.30. The molecule has 162 valence electrons. The van der Waals surface area contributed by atoms with E-state index in [-0.39, 0.29) is 5.97 Å². The lowest BCUT2D eigenvalue weighted by molar-refractivity contribution is -0.140. The van der Waals surface area contributed by atoms with Crippen LogP contribution in [-0.4, -0.2) is 58.9 Å². The zero-order valence-corrected chi connectivity index (χ0v) is 18.4. The standard InChI is InChI=1S/C21H33ClN4O3/c1-23-21(24-12-7-5-4-6-8-20(27)29-3)25-17-11-13-26(15-17)18-14-16(22)9-10-19(18)28-2/h9-10,14,17H,4-8,11-13,15H2,1-3H3,(H2,23,24,25). The maximum atomic E-state index is 11.1. The topological polar surface area (TPSA) is 75.2 Å². The van der Waals surface area contributed by atoms with Gasteiger partial charge in [0.25, 0.3) is 0 Å². The van der Waals surface area contributed by atoms with E-state index >= 15 is 0 Å². The predicted octanol–water partition coefficient (Wildman–Crippen LogP) is 3.22. The van der Waals surface area contributed by atoms with Crippen LogP contribution in [-0.2, 0) is 9.53 Å². The number of methoxy groups -OCH3 is 2. The Kier molecular flexibility index (Phi) is 9.91. The van der Waals surface area contributed by atoms with Crippen LogP contribution in [0.2, 0.25) is 5.02 Å². The van der Waals surface area contributed by atoms with E-state index < -0.39 is 0 Å². The summed E-state index contributed by atoms with van der Waals surface area (Å²) in [5.74, 6) is 1.53. The minimum Gasteiger partial charge on any atom is -0.495 e. The van der Waals surface area contributed by atoms with Gasteiger partial charge in [-0.1, -0.05) is 24.4 Å². The number of anilines is 1. The molecule has 0 bridgehead atoms. The smallest absolute Gasteiger partial charge is 0.305 e. The molecule has 1 heterocycles. The molecule has 29 heavy (non-hydrogen) atoms. The van der Waals surface area contributed by atoms with Crippen LogP contribution in [0.25, 0.3) is 0 Å². The van der Waals surface area contributed by atoms with E-state index in [2.05, 4.69) is 25.3 Å². The molecule has 1 aromatic rings. The average Bonchev–Trinajstić information content (AvgIpc) is 3.20. The van der Waals surface area contributed by atoms with Gasteiger partial charge in [0.2, 0.25) is 0 Å². The number of benzene rings is 1. The predicted molar refractivity (Wildman–Crippen MR) is 118 cm³/mol. The zero-order valence-electron chi connectivity index (χ0n) is 17.7. The third kappa shape index (κ3) is 7.65. The number of aliphatic imine (C=N–C) groups is 1. The number of hydrogen-bond acceptors (Lipinski definition) is 5. The van der Waals surface area contributed by atoms with Crippen molar-refractivity contribution in [1.82, 2.24) is 10.6 Å². The van der Waals surface area contributed by atoms with Gasteiger partial charge in [-0.3, -0.25) is 9.79 Å². The summed E-state index contributed by atoms with van der Waals surface area (Å²) in [6, 6.07) is 6.02. The number of hydrogen-bond donors (Lipinski definition) is 2. The molecule has 7 nitrogen and oxygen atoms in total. The minimum absolute atomic E-state index is 0.131. The number of halogens is 1. The van der Waals surface area contributed by atoms with E-state index in [0.29, 0.717) is 17.5 Å². The molecule has 1 fully saturated rings.